The summed E-state index contributed by atoms with van der Waals surface area (Å²) in [5.41, 5.74) is 1.36. The maximum absolute atomic E-state index is 5.27. The molecule has 1 fully saturated rings. The molecule has 16 heavy (non-hydrogen) atoms. The molecule has 2 rings (SSSR count). The van der Waals surface area contributed by atoms with Gasteiger partial charge in [0, 0.05) is 12.6 Å². The van der Waals surface area contributed by atoms with Crippen molar-refractivity contribution >= 4 is 0 Å². The molecule has 0 N–H and O–H groups in total. The summed E-state index contributed by atoms with van der Waals surface area (Å²) in [5.74, 6) is 0.947. The number of benzene rings is 1. The largest absolute Gasteiger partial charge is 0.497 e. The van der Waals surface area contributed by atoms with Crippen LogP contribution in [-0.2, 0) is 0 Å². The van der Waals surface area contributed by atoms with Crippen molar-refractivity contribution in [1.29, 1.82) is 0 Å². The first-order chi connectivity index (χ1) is 7.85. The Balaban J connectivity index is 2.18. The Bertz CT molecular complexity index is 362. The predicted molar refractivity (Wildman–Crippen MR) is 66.7 cm³/mol. The van der Waals surface area contributed by atoms with Crippen molar-refractivity contribution in [2.24, 2.45) is 0 Å². The van der Waals surface area contributed by atoms with Crippen LogP contribution in [-0.4, -0.2) is 25.1 Å². The van der Waals surface area contributed by atoms with Crippen molar-refractivity contribution in [3.63, 3.8) is 0 Å². The van der Waals surface area contributed by atoms with Gasteiger partial charge in [0.05, 0.1) is 7.11 Å². The van der Waals surface area contributed by atoms with E-state index in [1.54, 1.807) is 7.11 Å². The fourth-order valence-corrected chi connectivity index (χ4v) is 2.44. The first-order valence-corrected chi connectivity index (χ1v) is 5.84. The molecule has 1 aromatic rings. The van der Waals surface area contributed by atoms with Crippen LogP contribution in [0.25, 0.3) is 0 Å². The van der Waals surface area contributed by atoms with Crippen LogP contribution in [0.4, 0.5) is 0 Å². The van der Waals surface area contributed by atoms with Gasteiger partial charge < -0.3 is 4.74 Å². The molecule has 1 aliphatic heterocycles. The molecule has 0 aliphatic carbocycles. The maximum atomic E-state index is 5.27. The lowest BCUT2D eigenvalue weighted by molar-refractivity contribution is 0.285. The van der Waals surface area contributed by atoms with Crippen molar-refractivity contribution in [3.8, 4) is 5.75 Å². The van der Waals surface area contributed by atoms with Gasteiger partial charge in [0.1, 0.15) is 5.75 Å². The van der Waals surface area contributed by atoms with E-state index in [1.165, 1.54) is 24.9 Å². The monoisotopic (exact) mass is 217 g/mol. The lowest BCUT2D eigenvalue weighted by Gasteiger charge is -2.23. The SMILES string of the molecule is C=CCN1CCCC1c1cccc(OC)c1. The molecule has 2 heteroatoms. The second-order valence-electron chi connectivity index (χ2n) is 4.22. The summed E-state index contributed by atoms with van der Waals surface area (Å²) in [7, 11) is 1.72. The highest BCUT2D eigenvalue weighted by Crippen LogP contribution is 2.32. The molecule has 86 valence electrons. The fraction of sp³-hybridized carbons (Fsp3) is 0.429. The van der Waals surface area contributed by atoms with Gasteiger partial charge in [0.25, 0.3) is 0 Å². The minimum absolute atomic E-state index is 0.535. The van der Waals surface area contributed by atoms with E-state index in [9.17, 15) is 0 Å². The minimum Gasteiger partial charge on any atom is -0.497 e. The molecule has 0 aromatic heterocycles. The summed E-state index contributed by atoms with van der Waals surface area (Å²) in [5, 5.41) is 0. The Morgan fingerprint density at radius 2 is 2.44 bits per heavy atom. The third-order valence-corrected chi connectivity index (χ3v) is 3.21. The van der Waals surface area contributed by atoms with E-state index < -0.39 is 0 Å². The lowest BCUT2D eigenvalue weighted by Crippen LogP contribution is -2.23. The minimum atomic E-state index is 0.535. The van der Waals surface area contributed by atoms with Crippen LogP contribution in [0.2, 0.25) is 0 Å². The van der Waals surface area contributed by atoms with E-state index in [0.29, 0.717) is 6.04 Å². The molecule has 1 aliphatic rings. The van der Waals surface area contributed by atoms with E-state index in [4.69, 9.17) is 4.74 Å². The standard InChI is InChI=1S/C14H19NO/c1-3-9-15-10-5-8-14(15)12-6-4-7-13(11-12)16-2/h3-4,6-7,11,14H,1,5,8-10H2,2H3. The zero-order chi connectivity index (χ0) is 11.4. The predicted octanol–water partition coefficient (Wildman–Crippen LogP) is 3.02. The molecule has 0 bridgehead atoms. The Morgan fingerprint density at radius 3 is 3.19 bits per heavy atom. The van der Waals surface area contributed by atoms with Crippen LogP contribution in [0, 0.1) is 0 Å². The number of hydrogen-bond acceptors (Lipinski definition) is 2. The van der Waals surface area contributed by atoms with E-state index >= 15 is 0 Å². The van der Waals surface area contributed by atoms with Crippen molar-refractivity contribution in [2.45, 2.75) is 18.9 Å². The summed E-state index contributed by atoms with van der Waals surface area (Å²) in [6.07, 6.45) is 4.50. The molecule has 0 saturated carbocycles. The van der Waals surface area contributed by atoms with Crippen LogP contribution in [0.5, 0.6) is 5.75 Å². The van der Waals surface area contributed by atoms with Gasteiger partial charge >= 0.3 is 0 Å². The van der Waals surface area contributed by atoms with Crippen molar-refractivity contribution < 1.29 is 4.74 Å². The molecular weight excluding hydrogens is 198 g/mol. The van der Waals surface area contributed by atoms with Gasteiger partial charge in [0.2, 0.25) is 0 Å². The van der Waals surface area contributed by atoms with Gasteiger partial charge in [0.15, 0.2) is 0 Å². The average Bonchev–Trinajstić information content (AvgIpc) is 2.78. The molecular formula is C14H19NO. The summed E-state index contributed by atoms with van der Waals surface area (Å²) < 4.78 is 5.27. The third-order valence-electron chi connectivity index (χ3n) is 3.21. The van der Waals surface area contributed by atoms with Crippen molar-refractivity contribution in [3.05, 3.63) is 42.5 Å². The number of hydrogen-bond donors (Lipinski definition) is 0. The fourth-order valence-electron chi connectivity index (χ4n) is 2.44. The number of nitrogens with zero attached hydrogens (tertiary/aromatic N) is 1. The van der Waals surface area contributed by atoms with Gasteiger partial charge in [-0.15, -0.1) is 6.58 Å². The molecule has 2 nitrogen and oxygen atoms in total. The maximum Gasteiger partial charge on any atom is 0.119 e. The normalized spacial score (nSPS) is 20.9. The van der Waals surface area contributed by atoms with E-state index in [0.717, 1.165) is 12.3 Å². The average molecular weight is 217 g/mol. The van der Waals surface area contributed by atoms with Crippen LogP contribution in [0.1, 0.15) is 24.4 Å². The highest BCUT2D eigenvalue weighted by atomic mass is 16.5. The molecule has 1 atom stereocenters. The Hall–Kier alpha value is -1.28. The lowest BCUT2D eigenvalue weighted by atomic mass is 10.0. The second kappa shape index (κ2) is 5.17. The number of likely N-dealkylation sites (tertiary alicyclic amines) is 1. The molecule has 0 spiro atoms. The highest BCUT2D eigenvalue weighted by molar-refractivity contribution is 5.31. The smallest absolute Gasteiger partial charge is 0.119 e. The van der Waals surface area contributed by atoms with Gasteiger partial charge in [-0.3, -0.25) is 4.90 Å². The summed E-state index contributed by atoms with van der Waals surface area (Å²) >= 11 is 0. The molecule has 1 aromatic carbocycles. The van der Waals surface area contributed by atoms with E-state index in [1.807, 2.05) is 12.1 Å². The highest BCUT2D eigenvalue weighted by Gasteiger charge is 2.24. The molecule has 1 saturated heterocycles. The Kier molecular flexibility index (Phi) is 3.62. The number of rotatable bonds is 4. The topological polar surface area (TPSA) is 12.5 Å². The summed E-state index contributed by atoms with van der Waals surface area (Å²) in [4.78, 5) is 2.47. The van der Waals surface area contributed by atoms with Gasteiger partial charge in [-0.1, -0.05) is 18.2 Å². The van der Waals surface area contributed by atoms with Gasteiger partial charge in [-0.2, -0.15) is 0 Å². The van der Waals surface area contributed by atoms with E-state index in [-0.39, 0.29) is 0 Å². The molecule has 0 radical (unpaired) electrons. The van der Waals surface area contributed by atoms with Gasteiger partial charge in [-0.05, 0) is 37.1 Å². The molecule has 1 unspecified atom stereocenters. The first kappa shape index (κ1) is 11.2. The zero-order valence-corrected chi connectivity index (χ0v) is 9.86. The van der Waals surface area contributed by atoms with Crippen LogP contribution >= 0.6 is 0 Å². The molecule has 1 heterocycles. The second-order valence-corrected chi connectivity index (χ2v) is 4.22. The Morgan fingerprint density at radius 1 is 1.56 bits per heavy atom. The molecule has 0 amide bonds. The van der Waals surface area contributed by atoms with Gasteiger partial charge in [-0.25, -0.2) is 0 Å². The third kappa shape index (κ3) is 2.27. The summed E-state index contributed by atoms with van der Waals surface area (Å²) in [6.45, 7) is 5.97. The summed E-state index contributed by atoms with van der Waals surface area (Å²) in [6, 6.07) is 8.93. The van der Waals surface area contributed by atoms with Crippen molar-refractivity contribution in [1.82, 2.24) is 4.90 Å². The van der Waals surface area contributed by atoms with E-state index in [2.05, 4.69) is 29.7 Å². The number of ether oxygens (including phenoxy) is 1. The Labute approximate surface area is 97.5 Å². The van der Waals surface area contributed by atoms with Crippen LogP contribution in [0.3, 0.4) is 0 Å². The zero-order valence-electron chi connectivity index (χ0n) is 9.86. The quantitative estimate of drug-likeness (QED) is 0.719. The van der Waals surface area contributed by atoms with Crippen LogP contribution in [0.15, 0.2) is 36.9 Å². The number of methoxy groups -OCH3 is 1. The van der Waals surface area contributed by atoms with Crippen molar-refractivity contribution in [2.75, 3.05) is 20.2 Å². The first-order valence-electron chi connectivity index (χ1n) is 5.84. The van der Waals surface area contributed by atoms with Crippen LogP contribution < -0.4 is 4.74 Å².